The number of halogens is 2. The molecule has 0 spiro atoms. The number of rotatable bonds is 3. The van der Waals surface area contributed by atoms with Crippen LogP contribution in [0.5, 0.6) is 0 Å². The molecular formula is C14H11ClFNO2. The normalized spacial score (nSPS) is 10.2. The maximum absolute atomic E-state index is 12.9. The predicted octanol–water partition coefficient (Wildman–Crippen LogP) is 3.42. The van der Waals surface area contributed by atoms with Crippen molar-refractivity contribution < 1.29 is 13.9 Å². The second-order valence-electron chi connectivity index (χ2n) is 3.94. The van der Waals surface area contributed by atoms with Gasteiger partial charge < -0.3 is 10.5 Å². The molecule has 0 aromatic heterocycles. The van der Waals surface area contributed by atoms with Crippen molar-refractivity contribution in [3.05, 3.63) is 64.4 Å². The fourth-order valence-electron chi connectivity index (χ4n) is 1.51. The van der Waals surface area contributed by atoms with E-state index >= 15 is 0 Å². The van der Waals surface area contributed by atoms with Crippen LogP contribution in [0.1, 0.15) is 15.9 Å². The Morgan fingerprint density at radius 1 is 1.26 bits per heavy atom. The third-order valence-corrected chi connectivity index (χ3v) is 2.82. The van der Waals surface area contributed by atoms with Crippen LogP contribution >= 0.6 is 11.6 Å². The predicted molar refractivity (Wildman–Crippen MR) is 71.4 cm³/mol. The second-order valence-corrected chi connectivity index (χ2v) is 4.35. The Balaban J connectivity index is 2.03. The number of nitrogens with two attached hydrogens (primary N) is 1. The molecule has 0 atom stereocenters. The van der Waals surface area contributed by atoms with Crippen LogP contribution in [0.2, 0.25) is 5.02 Å². The van der Waals surface area contributed by atoms with Gasteiger partial charge in [-0.3, -0.25) is 0 Å². The van der Waals surface area contributed by atoms with E-state index in [0.29, 0.717) is 21.8 Å². The molecule has 2 rings (SSSR count). The van der Waals surface area contributed by atoms with Crippen LogP contribution in [0, 0.1) is 5.82 Å². The molecule has 0 saturated carbocycles. The zero-order chi connectivity index (χ0) is 13.8. The minimum atomic E-state index is -0.536. The minimum absolute atomic E-state index is 0.00140. The van der Waals surface area contributed by atoms with Crippen LogP contribution in [0.3, 0.4) is 0 Å². The lowest BCUT2D eigenvalue weighted by molar-refractivity contribution is 0.0472. The van der Waals surface area contributed by atoms with Crippen molar-refractivity contribution in [1.29, 1.82) is 0 Å². The zero-order valence-corrected chi connectivity index (χ0v) is 10.7. The zero-order valence-electron chi connectivity index (χ0n) is 9.90. The molecule has 2 aromatic carbocycles. The summed E-state index contributed by atoms with van der Waals surface area (Å²) in [5.41, 5.74) is 6.82. The number of anilines is 1. The van der Waals surface area contributed by atoms with E-state index in [9.17, 15) is 9.18 Å². The minimum Gasteiger partial charge on any atom is -0.457 e. The first-order chi connectivity index (χ1) is 9.06. The van der Waals surface area contributed by atoms with E-state index in [-0.39, 0.29) is 12.4 Å². The Labute approximate surface area is 114 Å². The highest BCUT2D eigenvalue weighted by Gasteiger charge is 2.09. The highest BCUT2D eigenvalue weighted by atomic mass is 35.5. The van der Waals surface area contributed by atoms with Crippen LogP contribution in [-0.4, -0.2) is 5.97 Å². The third-order valence-electron chi connectivity index (χ3n) is 2.50. The number of ether oxygens (including phenoxy) is 1. The van der Waals surface area contributed by atoms with Crippen LogP contribution < -0.4 is 5.73 Å². The molecule has 3 nitrogen and oxygen atoms in total. The highest BCUT2D eigenvalue weighted by Crippen LogP contribution is 2.20. The number of nitrogen functional groups attached to an aromatic ring is 1. The summed E-state index contributed by atoms with van der Waals surface area (Å²) in [6.45, 7) is -0.00140. The van der Waals surface area contributed by atoms with Gasteiger partial charge in [-0.05, 0) is 35.9 Å². The average molecular weight is 280 g/mol. The lowest BCUT2D eigenvalue weighted by Gasteiger charge is -2.06. The molecule has 98 valence electrons. The average Bonchev–Trinajstić information content (AvgIpc) is 2.39. The maximum atomic E-state index is 12.9. The Morgan fingerprint density at radius 2 is 2.05 bits per heavy atom. The summed E-state index contributed by atoms with van der Waals surface area (Å²) in [6, 6.07) is 10.3. The Bertz CT molecular complexity index is 616. The number of esters is 1. The third kappa shape index (κ3) is 3.45. The van der Waals surface area contributed by atoms with Crippen molar-refractivity contribution in [3.63, 3.8) is 0 Å². The molecule has 19 heavy (non-hydrogen) atoms. The van der Waals surface area contributed by atoms with Gasteiger partial charge in [-0.15, -0.1) is 0 Å². The molecule has 0 amide bonds. The molecule has 0 fully saturated rings. The van der Waals surface area contributed by atoms with Gasteiger partial charge in [0.1, 0.15) is 12.4 Å². The highest BCUT2D eigenvalue weighted by molar-refractivity contribution is 6.33. The molecule has 0 saturated heterocycles. The van der Waals surface area contributed by atoms with E-state index in [1.807, 2.05) is 0 Å². The van der Waals surface area contributed by atoms with Gasteiger partial charge in [0, 0.05) is 0 Å². The molecule has 0 radical (unpaired) electrons. The number of hydrogen-bond acceptors (Lipinski definition) is 3. The molecule has 0 bridgehead atoms. The summed E-state index contributed by atoms with van der Waals surface area (Å²) in [5.74, 6) is -0.907. The van der Waals surface area contributed by atoms with Gasteiger partial charge in [0.2, 0.25) is 0 Å². The molecule has 2 aromatic rings. The molecule has 2 N–H and O–H groups in total. The molecular weight excluding hydrogens is 269 g/mol. The van der Waals surface area contributed by atoms with Gasteiger partial charge in [0.05, 0.1) is 16.3 Å². The van der Waals surface area contributed by atoms with Gasteiger partial charge in [-0.25, -0.2) is 9.18 Å². The summed E-state index contributed by atoms with van der Waals surface area (Å²) in [7, 11) is 0. The van der Waals surface area contributed by atoms with Crippen molar-refractivity contribution in [2.45, 2.75) is 6.61 Å². The Hall–Kier alpha value is -2.07. The fourth-order valence-corrected chi connectivity index (χ4v) is 1.69. The lowest BCUT2D eigenvalue weighted by Crippen LogP contribution is -2.05. The quantitative estimate of drug-likeness (QED) is 0.692. The fraction of sp³-hybridized carbons (Fsp3) is 0.0714. The van der Waals surface area contributed by atoms with E-state index in [0.717, 1.165) is 0 Å². The smallest absolute Gasteiger partial charge is 0.338 e. The van der Waals surface area contributed by atoms with Gasteiger partial charge in [-0.1, -0.05) is 23.7 Å². The van der Waals surface area contributed by atoms with Crippen LogP contribution in [-0.2, 0) is 11.3 Å². The number of carbonyl (C=O) groups excluding carboxylic acids is 1. The molecule has 5 heteroatoms. The molecule has 0 aliphatic heterocycles. The van der Waals surface area contributed by atoms with Gasteiger partial charge in [-0.2, -0.15) is 0 Å². The van der Waals surface area contributed by atoms with Gasteiger partial charge in [0.15, 0.2) is 0 Å². The van der Waals surface area contributed by atoms with Gasteiger partial charge >= 0.3 is 5.97 Å². The van der Waals surface area contributed by atoms with Crippen LogP contribution in [0.15, 0.2) is 42.5 Å². The lowest BCUT2D eigenvalue weighted by atomic mass is 10.2. The summed E-state index contributed by atoms with van der Waals surface area (Å²) in [4.78, 5) is 11.8. The van der Waals surface area contributed by atoms with Crippen molar-refractivity contribution in [2.75, 3.05) is 5.73 Å². The van der Waals surface area contributed by atoms with E-state index < -0.39 is 5.97 Å². The molecule has 0 unspecified atom stereocenters. The molecule has 0 aliphatic carbocycles. The topological polar surface area (TPSA) is 52.3 Å². The summed E-state index contributed by atoms with van der Waals surface area (Å²) in [5, 5.41) is 0.292. The summed E-state index contributed by atoms with van der Waals surface area (Å²) in [6.07, 6.45) is 0. The first kappa shape index (κ1) is 13.4. The first-order valence-corrected chi connectivity index (χ1v) is 5.90. The maximum Gasteiger partial charge on any atom is 0.338 e. The largest absolute Gasteiger partial charge is 0.457 e. The SMILES string of the molecule is Nc1ccc(C(=O)OCc2cccc(F)c2)cc1Cl. The van der Waals surface area contributed by atoms with Gasteiger partial charge in [0.25, 0.3) is 0 Å². The van der Waals surface area contributed by atoms with E-state index in [2.05, 4.69) is 0 Å². The van der Waals surface area contributed by atoms with Crippen molar-refractivity contribution in [3.8, 4) is 0 Å². The number of carbonyl (C=O) groups is 1. The van der Waals surface area contributed by atoms with Crippen LogP contribution in [0.4, 0.5) is 10.1 Å². The molecule has 0 aliphatic rings. The summed E-state index contributed by atoms with van der Waals surface area (Å²) >= 11 is 5.81. The van der Waals surface area contributed by atoms with E-state index in [4.69, 9.17) is 22.1 Å². The van der Waals surface area contributed by atoms with Crippen molar-refractivity contribution in [1.82, 2.24) is 0 Å². The van der Waals surface area contributed by atoms with Crippen molar-refractivity contribution in [2.24, 2.45) is 0 Å². The van der Waals surface area contributed by atoms with Crippen molar-refractivity contribution >= 4 is 23.3 Å². The first-order valence-electron chi connectivity index (χ1n) is 5.53. The Morgan fingerprint density at radius 3 is 2.74 bits per heavy atom. The number of benzene rings is 2. The Kier molecular flexibility index (Phi) is 4.02. The van der Waals surface area contributed by atoms with E-state index in [1.54, 1.807) is 12.1 Å². The summed E-state index contributed by atoms with van der Waals surface area (Å²) < 4.78 is 18.0. The number of hydrogen-bond donors (Lipinski definition) is 1. The standard InChI is InChI=1S/C14H11ClFNO2/c15-12-7-10(4-5-13(12)17)14(18)19-8-9-2-1-3-11(16)6-9/h1-7H,8,17H2. The monoisotopic (exact) mass is 279 g/mol. The van der Waals surface area contributed by atoms with Crippen LogP contribution in [0.25, 0.3) is 0 Å². The molecule has 0 heterocycles. The van der Waals surface area contributed by atoms with E-state index in [1.165, 1.54) is 30.3 Å². The second kappa shape index (κ2) is 5.71.